The molecule has 26 heavy (non-hydrogen) atoms. The largest absolute Gasteiger partial charge is 0.309 e. The average Bonchev–Trinajstić information content (AvgIpc) is 2.85. The minimum atomic E-state index is -3.64. The highest BCUT2D eigenvalue weighted by Crippen LogP contribution is 2.23. The van der Waals surface area contributed by atoms with Gasteiger partial charge in [0, 0.05) is 11.8 Å². The lowest BCUT2D eigenvalue weighted by molar-refractivity contribution is -0.118. The van der Waals surface area contributed by atoms with Crippen LogP contribution in [0, 0.1) is 12.8 Å². The molecule has 1 amide bonds. The van der Waals surface area contributed by atoms with E-state index in [-0.39, 0.29) is 22.6 Å². The molecule has 0 radical (unpaired) electrons. The minimum Gasteiger partial charge on any atom is -0.309 e. The molecule has 0 saturated carbocycles. The molecule has 8 heteroatoms. The van der Waals surface area contributed by atoms with Crippen LogP contribution < -0.4 is 10.0 Å². The number of rotatable bonds is 4. The van der Waals surface area contributed by atoms with Crippen molar-refractivity contribution in [3.8, 4) is 0 Å². The fourth-order valence-electron chi connectivity index (χ4n) is 2.62. The van der Waals surface area contributed by atoms with Crippen molar-refractivity contribution in [1.82, 2.24) is 9.71 Å². The van der Waals surface area contributed by atoms with Gasteiger partial charge in [-0.25, -0.2) is 13.4 Å². The lowest BCUT2D eigenvalue weighted by Crippen LogP contribution is -2.34. The number of fused-ring (bicyclic) bond motifs is 1. The van der Waals surface area contributed by atoms with Crippen LogP contribution >= 0.6 is 0 Å². The Morgan fingerprint density at radius 3 is 2.58 bits per heavy atom. The number of amidine groups is 1. The minimum absolute atomic E-state index is 0.134. The standard InChI is InChI=1S/C18H20N4O3S/c1-11(2)16(18(23)20-15-9-8-12(3)10-19-15)21-17-13-6-4-5-7-14(13)26(24,25)22-17/h4-11,16H,1-3H3,(H,21,22)(H,19,20,23)/t16-/m0/s1. The zero-order valence-electron chi connectivity index (χ0n) is 14.7. The predicted octanol–water partition coefficient (Wildman–Crippen LogP) is 2.09. The molecular formula is C18H20N4O3S. The second kappa shape index (κ2) is 6.87. The van der Waals surface area contributed by atoms with E-state index in [9.17, 15) is 13.2 Å². The van der Waals surface area contributed by atoms with Gasteiger partial charge in [0.15, 0.2) is 0 Å². The molecule has 0 aliphatic carbocycles. The summed E-state index contributed by atoms with van der Waals surface area (Å²) >= 11 is 0. The number of nitrogens with one attached hydrogen (secondary N) is 2. The average molecular weight is 372 g/mol. The van der Waals surface area contributed by atoms with Gasteiger partial charge in [0.05, 0.1) is 4.90 Å². The van der Waals surface area contributed by atoms with Crippen molar-refractivity contribution in [3.05, 3.63) is 53.7 Å². The van der Waals surface area contributed by atoms with Crippen molar-refractivity contribution in [3.63, 3.8) is 0 Å². The van der Waals surface area contributed by atoms with Crippen molar-refractivity contribution >= 4 is 27.6 Å². The van der Waals surface area contributed by atoms with E-state index in [2.05, 4.69) is 20.0 Å². The summed E-state index contributed by atoms with van der Waals surface area (Å²) in [6, 6.07) is 9.37. The number of nitrogens with zero attached hydrogens (tertiary/aromatic N) is 2. The molecule has 136 valence electrons. The van der Waals surface area contributed by atoms with Gasteiger partial charge in [-0.15, -0.1) is 0 Å². The molecule has 0 fully saturated rings. The molecule has 2 aromatic rings. The van der Waals surface area contributed by atoms with E-state index in [1.54, 1.807) is 30.5 Å². The molecule has 1 aromatic carbocycles. The SMILES string of the molecule is Cc1ccc(NC(=O)[C@@H](N=C2NS(=O)(=O)c3ccccc32)C(C)C)nc1. The zero-order valence-corrected chi connectivity index (χ0v) is 15.5. The van der Waals surface area contributed by atoms with Crippen molar-refractivity contribution in [1.29, 1.82) is 0 Å². The fourth-order valence-corrected chi connectivity index (χ4v) is 3.86. The highest BCUT2D eigenvalue weighted by molar-refractivity contribution is 7.90. The fraction of sp³-hybridized carbons (Fsp3) is 0.278. The van der Waals surface area contributed by atoms with Gasteiger partial charge in [-0.1, -0.05) is 32.0 Å². The van der Waals surface area contributed by atoms with Crippen LogP contribution in [0.4, 0.5) is 5.82 Å². The third kappa shape index (κ3) is 3.60. The third-order valence-corrected chi connectivity index (χ3v) is 5.39. The number of benzene rings is 1. The monoisotopic (exact) mass is 372 g/mol. The molecule has 0 unspecified atom stereocenters. The quantitative estimate of drug-likeness (QED) is 0.858. The number of carbonyl (C=O) groups excluding carboxylic acids is 1. The van der Waals surface area contributed by atoms with Gasteiger partial charge in [0.2, 0.25) is 0 Å². The predicted molar refractivity (Wildman–Crippen MR) is 99.5 cm³/mol. The first-order valence-corrected chi connectivity index (χ1v) is 9.70. The van der Waals surface area contributed by atoms with Crippen LogP contribution in [0.3, 0.4) is 0 Å². The molecule has 3 rings (SSSR count). The summed E-state index contributed by atoms with van der Waals surface area (Å²) < 4.78 is 26.8. The lowest BCUT2D eigenvalue weighted by atomic mass is 10.0. The summed E-state index contributed by atoms with van der Waals surface area (Å²) in [5, 5.41) is 2.73. The first-order chi connectivity index (χ1) is 12.3. The van der Waals surface area contributed by atoms with Gasteiger partial charge in [-0.05, 0) is 36.6 Å². The first kappa shape index (κ1) is 18.1. The maximum absolute atomic E-state index is 12.7. The van der Waals surface area contributed by atoms with Crippen LogP contribution in [0.2, 0.25) is 0 Å². The van der Waals surface area contributed by atoms with Crippen molar-refractivity contribution < 1.29 is 13.2 Å². The van der Waals surface area contributed by atoms with Gasteiger partial charge in [0.25, 0.3) is 15.9 Å². The smallest absolute Gasteiger partial charge is 0.263 e. The zero-order chi connectivity index (χ0) is 18.9. The Labute approximate surface area is 152 Å². The number of pyridine rings is 1. The molecule has 7 nitrogen and oxygen atoms in total. The lowest BCUT2D eigenvalue weighted by Gasteiger charge is -2.17. The number of anilines is 1. The van der Waals surface area contributed by atoms with Crippen LogP contribution in [0.1, 0.15) is 25.0 Å². The Kier molecular flexibility index (Phi) is 4.78. The Bertz CT molecular complexity index is 966. The summed E-state index contributed by atoms with van der Waals surface area (Å²) in [5.74, 6) is 0.141. The van der Waals surface area contributed by atoms with Crippen LogP contribution in [0.25, 0.3) is 0 Å². The number of aliphatic imine (C=N–C) groups is 1. The second-order valence-corrected chi connectivity index (χ2v) is 8.13. The van der Waals surface area contributed by atoms with E-state index in [4.69, 9.17) is 0 Å². The topological polar surface area (TPSA) is 101 Å². The Balaban J connectivity index is 1.91. The molecule has 0 saturated heterocycles. The summed E-state index contributed by atoms with van der Waals surface area (Å²) in [5.41, 5.74) is 1.46. The van der Waals surface area contributed by atoms with Crippen LogP contribution in [-0.4, -0.2) is 31.2 Å². The molecule has 2 N–H and O–H groups in total. The normalized spacial score (nSPS) is 17.6. The number of hydrogen-bond donors (Lipinski definition) is 2. The van der Waals surface area contributed by atoms with Gasteiger partial charge >= 0.3 is 0 Å². The Morgan fingerprint density at radius 1 is 1.19 bits per heavy atom. The molecule has 2 heterocycles. The van der Waals surface area contributed by atoms with Gasteiger partial charge < -0.3 is 5.32 Å². The van der Waals surface area contributed by atoms with E-state index in [1.165, 1.54) is 6.07 Å². The molecule has 1 aromatic heterocycles. The van der Waals surface area contributed by atoms with E-state index in [0.717, 1.165) is 5.56 Å². The summed E-state index contributed by atoms with van der Waals surface area (Å²) in [6.07, 6.45) is 1.66. The van der Waals surface area contributed by atoms with E-state index in [1.807, 2.05) is 26.8 Å². The van der Waals surface area contributed by atoms with Gasteiger partial charge in [0.1, 0.15) is 17.7 Å². The van der Waals surface area contributed by atoms with Gasteiger partial charge in [-0.3, -0.25) is 14.5 Å². The molecule has 1 aliphatic rings. The molecule has 1 aliphatic heterocycles. The molecule has 1 atom stereocenters. The summed E-state index contributed by atoms with van der Waals surface area (Å²) in [4.78, 5) is 21.4. The van der Waals surface area contributed by atoms with E-state index in [0.29, 0.717) is 11.4 Å². The van der Waals surface area contributed by atoms with Crippen LogP contribution in [-0.2, 0) is 14.8 Å². The molecule has 0 bridgehead atoms. The van der Waals surface area contributed by atoms with E-state index < -0.39 is 16.1 Å². The molecule has 0 spiro atoms. The number of sulfonamides is 1. The second-order valence-electron chi connectivity index (χ2n) is 6.48. The highest BCUT2D eigenvalue weighted by Gasteiger charge is 2.32. The highest BCUT2D eigenvalue weighted by atomic mass is 32.2. The van der Waals surface area contributed by atoms with Crippen LogP contribution in [0.5, 0.6) is 0 Å². The maximum Gasteiger partial charge on any atom is 0.263 e. The van der Waals surface area contributed by atoms with E-state index >= 15 is 0 Å². The van der Waals surface area contributed by atoms with Crippen LogP contribution in [0.15, 0.2) is 52.5 Å². The number of aromatic nitrogens is 1. The first-order valence-electron chi connectivity index (χ1n) is 8.21. The van der Waals surface area contributed by atoms with Crippen molar-refractivity contribution in [2.45, 2.75) is 31.7 Å². The summed E-state index contributed by atoms with van der Waals surface area (Å²) in [6.45, 7) is 5.61. The maximum atomic E-state index is 12.7. The van der Waals surface area contributed by atoms with Crippen molar-refractivity contribution in [2.24, 2.45) is 10.9 Å². The van der Waals surface area contributed by atoms with Crippen molar-refractivity contribution in [2.75, 3.05) is 5.32 Å². The number of hydrogen-bond acceptors (Lipinski definition) is 5. The number of carbonyl (C=O) groups is 1. The van der Waals surface area contributed by atoms with Gasteiger partial charge in [-0.2, -0.15) is 0 Å². The molecular weight excluding hydrogens is 352 g/mol. The third-order valence-electron chi connectivity index (χ3n) is 3.99. The summed E-state index contributed by atoms with van der Waals surface area (Å²) in [7, 11) is -3.64. The number of aryl methyl sites for hydroxylation is 1. The Morgan fingerprint density at radius 2 is 1.92 bits per heavy atom. The Hall–Kier alpha value is -2.74. The number of amides is 1.